The smallest absolute Gasteiger partial charge is 0.407 e. The minimum atomic E-state index is -1.18. The van der Waals surface area contributed by atoms with Gasteiger partial charge in [-0.15, -0.1) is 11.3 Å². The van der Waals surface area contributed by atoms with Crippen molar-refractivity contribution in [1.82, 2.24) is 19.9 Å². The van der Waals surface area contributed by atoms with E-state index < -0.39 is 11.7 Å². The first-order valence-electron chi connectivity index (χ1n) is 12.8. The quantitative estimate of drug-likeness (QED) is 0.348. The predicted molar refractivity (Wildman–Crippen MR) is 147 cm³/mol. The molecule has 3 aromatic rings. The highest BCUT2D eigenvalue weighted by Gasteiger charge is 2.45. The van der Waals surface area contributed by atoms with Gasteiger partial charge in [-0.1, -0.05) is 40.7 Å². The van der Waals surface area contributed by atoms with Crippen LogP contribution in [0.25, 0.3) is 10.4 Å². The second kappa shape index (κ2) is 10.4. The monoisotopic (exact) mass is 523 g/mol. The number of nitrogens with one attached hydrogen (secondary N) is 1. The summed E-state index contributed by atoms with van der Waals surface area (Å²) in [5, 5.41) is 25.6. The molecule has 1 amide bonds. The van der Waals surface area contributed by atoms with E-state index in [1.54, 1.807) is 12.4 Å². The zero-order valence-electron chi connectivity index (χ0n) is 22.4. The minimum Gasteiger partial charge on any atom is -0.465 e. The van der Waals surface area contributed by atoms with Crippen molar-refractivity contribution >= 4 is 29.1 Å². The molecule has 0 bridgehead atoms. The molecule has 198 valence electrons. The fourth-order valence-corrected chi connectivity index (χ4v) is 5.96. The van der Waals surface area contributed by atoms with Crippen molar-refractivity contribution in [2.45, 2.75) is 78.4 Å². The van der Waals surface area contributed by atoms with Crippen molar-refractivity contribution < 1.29 is 15.0 Å². The molecule has 4 rings (SSSR count). The molecule has 3 N–H and O–H groups in total. The Kier molecular flexibility index (Phi) is 7.57. The number of amides is 1. The number of benzene rings is 1. The third-order valence-electron chi connectivity index (χ3n) is 6.93. The van der Waals surface area contributed by atoms with Crippen LogP contribution in [0.15, 0.2) is 36.7 Å². The summed E-state index contributed by atoms with van der Waals surface area (Å²) in [5.41, 5.74) is 2.42. The second-order valence-corrected chi connectivity index (χ2v) is 12.4. The third kappa shape index (κ3) is 6.10. The standard InChI is InChI=1S/C28H37N5O3S/c1-17(2)21-8-10-29-25(32-21)31-20-13-18(3)12-19(14-20)22-16-30-24(37-22)28(36)9-7-11-33(26(34)35)23(15-28)27(4,5)6/h8,10,12-14,16-17,23,36H,7,9,11,15H2,1-6H3,(H,34,35)(H,29,31,32)/t23?,28-/m0/s1. The van der Waals surface area contributed by atoms with Crippen molar-refractivity contribution in [3.8, 4) is 10.4 Å². The number of aliphatic hydroxyl groups is 1. The Labute approximate surface area is 222 Å². The lowest BCUT2D eigenvalue weighted by atomic mass is 9.79. The second-order valence-electron chi connectivity index (χ2n) is 11.4. The molecule has 1 aliphatic heterocycles. The Bertz CT molecular complexity index is 1270. The molecular formula is C28H37N5O3S. The third-order valence-corrected chi connectivity index (χ3v) is 8.17. The topological polar surface area (TPSA) is 111 Å². The zero-order valence-corrected chi connectivity index (χ0v) is 23.3. The van der Waals surface area contributed by atoms with Crippen LogP contribution in [0.2, 0.25) is 0 Å². The number of likely N-dealkylation sites (tertiary alicyclic amines) is 1. The number of thiazole rings is 1. The summed E-state index contributed by atoms with van der Waals surface area (Å²) in [5.74, 6) is 0.860. The molecular weight excluding hydrogens is 486 g/mol. The first-order chi connectivity index (χ1) is 17.4. The van der Waals surface area contributed by atoms with Crippen LogP contribution < -0.4 is 5.32 Å². The van der Waals surface area contributed by atoms with Gasteiger partial charge < -0.3 is 20.4 Å². The first kappa shape index (κ1) is 27.0. The van der Waals surface area contributed by atoms with Crippen molar-refractivity contribution in [3.05, 3.63) is 52.9 Å². The molecule has 0 radical (unpaired) electrons. The van der Waals surface area contributed by atoms with E-state index in [-0.39, 0.29) is 11.5 Å². The SMILES string of the molecule is Cc1cc(Nc2nccc(C(C)C)n2)cc(-c2cnc([C@]3(O)CCCN(C(=O)O)C(C(C)(C)C)C3)s2)c1. The normalized spacial score (nSPS) is 20.6. The number of hydrogen-bond acceptors (Lipinski definition) is 7. The van der Waals surface area contributed by atoms with Gasteiger partial charge in [-0.25, -0.2) is 19.7 Å². The highest BCUT2D eigenvalue weighted by atomic mass is 32.1. The molecule has 1 saturated heterocycles. The van der Waals surface area contributed by atoms with E-state index >= 15 is 0 Å². The lowest BCUT2D eigenvalue weighted by Gasteiger charge is -2.40. The molecule has 3 heterocycles. The molecule has 1 aromatic carbocycles. The summed E-state index contributed by atoms with van der Waals surface area (Å²) in [6, 6.07) is 7.78. The van der Waals surface area contributed by atoms with Crippen LogP contribution in [0.4, 0.5) is 16.4 Å². The molecule has 1 fully saturated rings. The van der Waals surface area contributed by atoms with Gasteiger partial charge in [0.2, 0.25) is 5.95 Å². The zero-order chi connectivity index (χ0) is 27.0. The maximum atomic E-state index is 12.0. The molecule has 0 saturated carbocycles. The van der Waals surface area contributed by atoms with Crippen molar-refractivity contribution in [2.24, 2.45) is 5.41 Å². The number of carbonyl (C=O) groups is 1. The maximum Gasteiger partial charge on any atom is 0.407 e. The van der Waals surface area contributed by atoms with Crippen molar-refractivity contribution in [1.29, 1.82) is 0 Å². The van der Waals surface area contributed by atoms with E-state index in [0.29, 0.717) is 42.7 Å². The van der Waals surface area contributed by atoms with Crippen LogP contribution in [0.3, 0.4) is 0 Å². The van der Waals surface area contributed by atoms with Crippen LogP contribution in [0.1, 0.15) is 76.1 Å². The van der Waals surface area contributed by atoms with Gasteiger partial charge in [0.05, 0.1) is 4.88 Å². The number of aromatic nitrogens is 3. The molecule has 0 spiro atoms. The highest BCUT2D eigenvalue weighted by Crippen LogP contribution is 2.43. The van der Waals surface area contributed by atoms with Crippen LogP contribution >= 0.6 is 11.3 Å². The van der Waals surface area contributed by atoms with Gasteiger partial charge in [0.15, 0.2) is 0 Å². The number of rotatable bonds is 5. The summed E-state index contributed by atoms with van der Waals surface area (Å²) in [7, 11) is 0. The number of nitrogens with zero attached hydrogens (tertiary/aromatic N) is 4. The number of aryl methyl sites for hydroxylation is 1. The Balaban J connectivity index is 1.62. The van der Waals surface area contributed by atoms with Gasteiger partial charge in [0, 0.05) is 42.8 Å². The molecule has 1 unspecified atom stereocenters. The molecule has 37 heavy (non-hydrogen) atoms. The summed E-state index contributed by atoms with van der Waals surface area (Å²) in [6.07, 6.45) is 4.00. The lowest BCUT2D eigenvalue weighted by molar-refractivity contribution is -0.0107. The largest absolute Gasteiger partial charge is 0.465 e. The van der Waals surface area contributed by atoms with Crippen LogP contribution in [-0.2, 0) is 5.60 Å². The average Bonchev–Trinajstić information content (AvgIpc) is 3.23. The van der Waals surface area contributed by atoms with E-state index in [4.69, 9.17) is 0 Å². The Morgan fingerprint density at radius 3 is 2.68 bits per heavy atom. The van der Waals surface area contributed by atoms with Gasteiger partial charge in [0.1, 0.15) is 10.6 Å². The highest BCUT2D eigenvalue weighted by molar-refractivity contribution is 7.15. The van der Waals surface area contributed by atoms with Gasteiger partial charge in [-0.3, -0.25) is 0 Å². The van der Waals surface area contributed by atoms with E-state index in [1.165, 1.54) is 16.2 Å². The Morgan fingerprint density at radius 2 is 2.00 bits per heavy atom. The molecule has 0 aliphatic carbocycles. The fourth-order valence-electron chi connectivity index (χ4n) is 4.93. The Morgan fingerprint density at radius 1 is 1.24 bits per heavy atom. The van der Waals surface area contributed by atoms with Crippen LogP contribution in [0.5, 0.6) is 0 Å². The lowest BCUT2D eigenvalue weighted by Crippen LogP contribution is -2.48. The van der Waals surface area contributed by atoms with Crippen molar-refractivity contribution in [3.63, 3.8) is 0 Å². The van der Waals surface area contributed by atoms with Crippen molar-refractivity contribution in [2.75, 3.05) is 11.9 Å². The summed E-state index contributed by atoms with van der Waals surface area (Å²) < 4.78 is 0. The molecule has 2 atom stereocenters. The summed E-state index contributed by atoms with van der Waals surface area (Å²) in [4.78, 5) is 28.0. The van der Waals surface area contributed by atoms with Gasteiger partial charge in [-0.05, 0) is 60.4 Å². The summed E-state index contributed by atoms with van der Waals surface area (Å²) >= 11 is 1.47. The van der Waals surface area contributed by atoms with E-state index in [9.17, 15) is 15.0 Å². The van der Waals surface area contributed by atoms with E-state index in [2.05, 4.69) is 40.2 Å². The molecule has 8 nitrogen and oxygen atoms in total. The van der Waals surface area contributed by atoms with Gasteiger partial charge in [-0.2, -0.15) is 0 Å². The minimum absolute atomic E-state index is 0.308. The number of carboxylic acid groups (broad SMARTS) is 1. The van der Waals surface area contributed by atoms with E-state index in [1.807, 2.05) is 45.9 Å². The number of anilines is 2. The van der Waals surface area contributed by atoms with Gasteiger partial charge in [0.25, 0.3) is 0 Å². The average molecular weight is 524 g/mol. The van der Waals surface area contributed by atoms with E-state index in [0.717, 1.165) is 27.4 Å². The van der Waals surface area contributed by atoms with Crippen LogP contribution in [0, 0.1) is 12.3 Å². The van der Waals surface area contributed by atoms with Crippen LogP contribution in [-0.4, -0.2) is 48.7 Å². The first-order valence-corrected chi connectivity index (χ1v) is 13.6. The maximum absolute atomic E-state index is 12.0. The predicted octanol–water partition coefficient (Wildman–Crippen LogP) is 6.54. The van der Waals surface area contributed by atoms with Gasteiger partial charge >= 0.3 is 6.09 Å². The number of hydrogen-bond donors (Lipinski definition) is 3. The summed E-state index contributed by atoms with van der Waals surface area (Å²) in [6.45, 7) is 12.7. The molecule has 1 aliphatic rings. The molecule has 9 heteroatoms. The Hall–Kier alpha value is -3.04. The molecule has 2 aromatic heterocycles. The fraction of sp³-hybridized carbons (Fsp3) is 0.500.